The van der Waals surface area contributed by atoms with Crippen molar-refractivity contribution in [3.05, 3.63) is 59.4 Å². The van der Waals surface area contributed by atoms with E-state index in [1.165, 1.54) is 6.21 Å². The van der Waals surface area contributed by atoms with Crippen LogP contribution in [-0.2, 0) is 14.8 Å². The Labute approximate surface area is 147 Å². The smallest absolute Gasteiger partial charge is 0.260 e. The fraction of sp³-hybridized carbons (Fsp3) is 0.235. The molecule has 0 aliphatic heterocycles. The normalized spacial score (nSPS) is 11.5. The van der Waals surface area contributed by atoms with Gasteiger partial charge < -0.3 is 0 Å². The van der Waals surface area contributed by atoms with Crippen LogP contribution in [0.4, 0.5) is 5.69 Å². The lowest BCUT2D eigenvalue weighted by Crippen LogP contribution is -2.39. The molecular formula is C17H20N4O3S. The summed E-state index contributed by atoms with van der Waals surface area (Å²) in [6.07, 6.45) is 4.06. The van der Waals surface area contributed by atoms with Crippen LogP contribution in [0.5, 0.6) is 0 Å². The maximum absolute atomic E-state index is 12.1. The van der Waals surface area contributed by atoms with Gasteiger partial charge in [-0.15, -0.1) is 0 Å². The summed E-state index contributed by atoms with van der Waals surface area (Å²) in [5.41, 5.74) is 5.16. The zero-order valence-electron chi connectivity index (χ0n) is 14.3. The number of nitrogens with one attached hydrogen (secondary N) is 1. The molecule has 1 N–H and O–H groups in total. The van der Waals surface area contributed by atoms with Crippen molar-refractivity contribution in [2.24, 2.45) is 5.10 Å². The third kappa shape index (κ3) is 5.39. The van der Waals surface area contributed by atoms with E-state index in [9.17, 15) is 13.2 Å². The van der Waals surface area contributed by atoms with Gasteiger partial charge in [0.25, 0.3) is 5.91 Å². The summed E-state index contributed by atoms with van der Waals surface area (Å²) in [5, 5.41) is 3.80. The Morgan fingerprint density at radius 3 is 2.64 bits per heavy atom. The standard InChI is InChI=1S/C17H20N4O3S/c1-13-7-8-16(14(2)10-13)21(25(3,23)24)12-17(22)20-19-11-15-6-4-5-9-18-15/h4-11H,12H2,1-3H3,(H,20,22)/b19-11-. The third-order valence-corrected chi connectivity index (χ3v) is 4.51. The number of aryl methyl sites for hydroxylation is 2. The van der Waals surface area contributed by atoms with Gasteiger partial charge in [0.05, 0.1) is 23.9 Å². The molecule has 0 unspecified atom stereocenters. The SMILES string of the molecule is Cc1ccc(N(CC(=O)N/N=C\c2ccccn2)S(C)(=O)=O)c(C)c1. The molecule has 1 amide bonds. The summed E-state index contributed by atoms with van der Waals surface area (Å²) in [7, 11) is -3.62. The van der Waals surface area contributed by atoms with Crippen LogP contribution in [0.25, 0.3) is 0 Å². The van der Waals surface area contributed by atoms with Crippen LogP contribution < -0.4 is 9.73 Å². The fourth-order valence-corrected chi connectivity index (χ4v) is 3.17. The first-order chi connectivity index (χ1) is 11.8. The largest absolute Gasteiger partial charge is 0.271 e. The summed E-state index contributed by atoms with van der Waals surface area (Å²) >= 11 is 0. The van der Waals surface area contributed by atoms with E-state index >= 15 is 0 Å². The zero-order chi connectivity index (χ0) is 18.4. The maximum Gasteiger partial charge on any atom is 0.260 e. The number of carbonyl (C=O) groups excluding carboxylic acids is 1. The average molecular weight is 360 g/mol. The predicted octanol–water partition coefficient (Wildman–Crippen LogP) is 1.61. The van der Waals surface area contributed by atoms with Crippen LogP contribution in [0, 0.1) is 13.8 Å². The average Bonchev–Trinajstić information content (AvgIpc) is 2.53. The van der Waals surface area contributed by atoms with Gasteiger partial charge in [-0.3, -0.25) is 14.1 Å². The van der Waals surface area contributed by atoms with E-state index in [1.807, 2.05) is 13.0 Å². The molecule has 7 nitrogen and oxygen atoms in total. The molecule has 0 saturated carbocycles. The molecule has 1 heterocycles. The number of hydrogen-bond acceptors (Lipinski definition) is 5. The van der Waals surface area contributed by atoms with Crippen LogP contribution in [0.3, 0.4) is 0 Å². The highest BCUT2D eigenvalue weighted by atomic mass is 32.2. The molecule has 2 rings (SSSR count). The van der Waals surface area contributed by atoms with Gasteiger partial charge in [0, 0.05) is 6.20 Å². The first-order valence-corrected chi connectivity index (χ1v) is 9.40. The van der Waals surface area contributed by atoms with Crippen LogP contribution in [0.15, 0.2) is 47.7 Å². The molecule has 0 atom stereocenters. The van der Waals surface area contributed by atoms with Crippen molar-refractivity contribution in [3.63, 3.8) is 0 Å². The third-order valence-electron chi connectivity index (χ3n) is 3.38. The second-order valence-corrected chi connectivity index (χ2v) is 7.51. The maximum atomic E-state index is 12.1. The number of amides is 1. The number of rotatable bonds is 6. The molecule has 0 fully saturated rings. The second-order valence-electron chi connectivity index (χ2n) is 5.61. The molecule has 1 aromatic heterocycles. The molecule has 0 aliphatic rings. The van der Waals surface area contributed by atoms with Gasteiger partial charge in [-0.25, -0.2) is 13.8 Å². The molecule has 25 heavy (non-hydrogen) atoms. The molecule has 132 valence electrons. The van der Waals surface area contributed by atoms with E-state index in [1.54, 1.807) is 43.5 Å². The number of aromatic nitrogens is 1. The van der Waals surface area contributed by atoms with Crippen LogP contribution in [-0.4, -0.2) is 38.3 Å². The van der Waals surface area contributed by atoms with Crippen LogP contribution in [0.2, 0.25) is 0 Å². The van der Waals surface area contributed by atoms with E-state index in [-0.39, 0.29) is 6.54 Å². The molecule has 8 heteroatoms. The highest BCUT2D eigenvalue weighted by Crippen LogP contribution is 2.23. The van der Waals surface area contributed by atoms with E-state index < -0.39 is 15.9 Å². The minimum atomic E-state index is -3.62. The molecule has 0 aliphatic carbocycles. The van der Waals surface area contributed by atoms with Crippen molar-refractivity contribution in [1.82, 2.24) is 10.4 Å². The van der Waals surface area contributed by atoms with Crippen molar-refractivity contribution >= 4 is 27.8 Å². The lowest BCUT2D eigenvalue weighted by Gasteiger charge is -2.23. The molecule has 0 radical (unpaired) electrons. The van der Waals surface area contributed by atoms with E-state index in [2.05, 4.69) is 15.5 Å². The van der Waals surface area contributed by atoms with Gasteiger partial charge in [-0.2, -0.15) is 5.10 Å². The Morgan fingerprint density at radius 2 is 2.04 bits per heavy atom. The molecule has 0 saturated heterocycles. The lowest BCUT2D eigenvalue weighted by molar-refractivity contribution is -0.119. The summed E-state index contributed by atoms with van der Waals surface area (Å²) in [4.78, 5) is 16.1. The number of hydrazone groups is 1. The van der Waals surface area contributed by atoms with Crippen LogP contribution >= 0.6 is 0 Å². The number of sulfonamides is 1. The predicted molar refractivity (Wildman–Crippen MR) is 98.1 cm³/mol. The van der Waals surface area contributed by atoms with Crippen molar-refractivity contribution < 1.29 is 13.2 Å². The lowest BCUT2D eigenvalue weighted by atomic mass is 10.1. The number of hydrogen-bond donors (Lipinski definition) is 1. The van der Waals surface area contributed by atoms with Gasteiger partial charge in [-0.05, 0) is 37.6 Å². The Morgan fingerprint density at radius 1 is 1.28 bits per heavy atom. The van der Waals surface area contributed by atoms with Gasteiger partial charge in [0.2, 0.25) is 10.0 Å². The topological polar surface area (TPSA) is 91.7 Å². The minimum Gasteiger partial charge on any atom is -0.271 e. The second kappa shape index (κ2) is 7.89. The van der Waals surface area contributed by atoms with Gasteiger partial charge in [0.15, 0.2) is 0 Å². The minimum absolute atomic E-state index is 0.359. The fourth-order valence-electron chi connectivity index (χ4n) is 2.25. The van der Waals surface area contributed by atoms with Gasteiger partial charge >= 0.3 is 0 Å². The molecule has 0 bridgehead atoms. The highest BCUT2D eigenvalue weighted by molar-refractivity contribution is 7.92. The summed E-state index contributed by atoms with van der Waals surface area (Å²) in [6.45, 7) is 3.36. The first kappa shape index (κ1) is 18.6. The summed E-state index contributed by atoms with van der Waals surface area (Å²) < 4.78 is 25.3. The van der Waals surface area contributed by atoms with E-state index in [0.29, 0.717) is 11.4 Å². The number of pyridine rings is 1. The number of anilines is 1. The van der Waals surface area contributed by atoms with Gasteiger partial charge in [0.1, 0.15) is 6.54 Å². The Hall–Kier alpha value is -2.74. The number of nitrogens with zero attached hydrogens (tertiary/aromatic N) is 3. The molecule has 2 aromatic rings. The number of carbonyl (C=O) groups is 1. The van der Waals surface area contributed by atoms with Crippen molar-refractivity contribution in [1.29, 1.82) is 0 Å². The first-order valence-electron chi connectivity index (χ1n) is 7.55. The van der Waals surface area contributed by atoms with Gasteiger partial charge in [-0.1, -0.05) is 23.8 Å². The highest BCUT2D eigenvalue weighted by Gasteiger charge is 2.22. The Kier molecular flexibility index (Phi) is 5.87. The summed E-state index contributed by atoms with van der Waals surface area (Å²) in [5.74, 6) is -0.544. The monoisotopic (exact) mass is 360 g/mol. The van der Waals surface area contributed by atoms with E-state index in [4.69, 9.17) is 0 Å². The Balaban J connectivity index is 2.12. The Bertz CT molecular complexity index is 880. The number of benzene rings is 1. The van der Waals surface area contributed by atoms with E-state index in [0.717, 1.165) is 21.7 Å². The van der Waals surface area contributed by atoms with Crippen LogP contribution in [0.1, 0.15) is 16.8 Å². The van der Waals surface area contributed by atoms with Crippen molar-refractivity contribution in [3.8, 4) is 0 Å². The van der Waals surface area contributed by atoms with Crippen molar-refractivity contribution in [2.45, 2.75) is 13.8 Å². The van der Waals surface area contributed by atoms with Crippen molar-refractivity contribution in [2.75, 3.05) is 17.1 Å². The molecule has 1 aromatic carbocycles. The summed E-state index contributed by atoms with van der Waals surface area (Å²) in [6, 6.07) is 10.7. The molecular weight excluding hydrogens is 340 g/mol. The zero-order valence-corrected chi connectivity index (χ0v) is 15.1. The quantitative estimate of drug-likeness (QED) is 0.626. The molecule has 0 spiro atoms.